The number of alkyl halides is 17. The zero-order chi connectivity index (χ0) is 30.2. The largest absolute Gasteiger partial charge is 0.460 e. The topological polar surface area (TPSA) is 6.48 Å². The van der Waals surface area contributed by atoms with Gasteiger partial charge in [0, 0.05) is 31.9 Å². The molecule has 1 rings (SSSR count). The molecule has 38 heavy (non-hydrogen) atoms. The van der Waals surface area contributed by atoms with Crippen LogP contribution in [-0.2, 0) is 0 Å². The van der Waals surface area contributed by atoms with E-state index in [9.17, 15) is 74.6 Å². The van der Waals surface area contributed by atoms with E-state index in [-0.39, 0.29) is 6.67 Å². The molecule has 0 bridgehead atoms. The van der Waals surface area contributed by atoms with Gasteiger partial charge in [-0.15, -0.1) is 0 Å². The third-order valence-corrected chi connectivity index (χ3v) is 5.65. The SMILES string of the molecule is CCCCCCN1C=CN(CCC(F)(F)C(F)(F)C(F)(F)C(F)(F)C(F)(F)C(F)(F)C(F)(F)C(F)(F)F)C1. The summed E-state index contributed by atoms with van der Waals surface area (Å²) in [5.41, 5.74) is 0. The van der Waals surface area contributed by atoms with Crippen molar-refractivity contribution in [2.45, 2.75) is 86.7 Å². The average molecular weight is 600 g/mol. The van der Waals surface area contributed by atoms with Gasteiger partial charge in [0.15, 0.2) is 0 Å². The van der Waals surface area contributed by atoms with Crippen molar-refractivity contribution in [1.29, 1.82) is 0 Å². The lowest BCUT2D eigenvalue weighted by molar-refractivity contribution is -0.461. The van der Waals surface area contributed by atoms with E-state index in [1.54, 1.807) is 0 Å². The number of nitrogens with zero attached hydrogens (tertiary/aromatic N) is 2. The Hall–Kier alpha value is -1.85. The molecule has 0 saturated carbocycles. The fourth-order valence-corrected chi connectivity index (χ4v) is 3.19. The molecule has 2 nitrogen and oxygen atoms in total. The predicted molar refractivity (Wildman–Crippen MR) is 96.9 cm³/mol. The summed E-state index contributed by atoms with van der Waals surface area (Å²) in [6.45, 7) is 0.690. The Morgan fingerprint density at radius 1 is 0.500 bits per heavy atom. The second-order valence-corrected chi connectivity index (χ2v) is 8.52. The minimum Gasteiger partial charge on any atom is -0.359 e. The number of halogens is 17. The highest BCUT2D eigenvalue weighted by atomic mass is 19.4. The van der Waals surface area contributed by atoms with E-state index < -0.39 is 60.6 Å². The summed E-state index contributed by atoms with van der Waals surface area (Å²) >= 11 is 0. The van der Waals surface area contributed by atoms with Gasteiger partial charge in [-0.3, -0.25) is 0 Å². The number of hydrogen-bond acceptors (Lipinski definition) is 2. The third kappa shape index (κ3) is 5.56. The first-order chi connectivity index (χ1) is 16.8. The first-order valence-electron chi connectivity index (χ1n) is 10.6. The molecule has 19 heteroatoms. The fourth-order valence-electron chi connectivity index (χ4n) is 3.19. The minimum atomic E-state index is -8.60. The molecule has 0 N–H and O–H groups in total. The van der Waals surface area contributed by atoms with E-state index in [0.717, 1.165) is 30.4 Å². The summed E-state index contributed by atoms with van der Waals surface area (Å²) in [7, 11) is 0. The molecule has 0 aromatic carbocycles. The Labute approximate surface area is 204 Å². The monoisotopic (exact) mass is 600 g/mol. The molecule has 1 aliphatic rings. The molecule has 0 spiro atoms. The average Bonchev–Trinajstić information content (AvgIpc) is 3.21. The van der Waals surface area contributed by atoms with Crippen LogP contribution in [0.1, 0.15) is 39.0 Å². The number of rotatable bonds is 14. The minimum absolute atomic E-state index is 0.267. The molecule has 1 aliphatic heterocycles. The molecule has 1 heterocycles. The normalized spacial score (nSPS) is 17.1. The predicted octanol–water partition coefficient (Wildman–Crippen LogP) is 8.01. The van der Waals surface area contributed by atoms with Crippen molar-refractivity contribution in [2.24, 2.45) is 0 Å². The van der Waals surface area contributed by atoms with Crippen LogP contribution in [0, 0.1) is 0 Å². The molecule has 0 amide bonds. The van der Waals surface area contributed by atoms with Gasteiger partial charge in [-0.05, 0) is 6.42 Å². The van der Waals surface area contributed by atoms with Crippen molar-refractivity contribution in [3.05, 3.63) is 12.4 Å². The lowest BCUT2D eigenvalue weighted by Gasteiger charge is -2.43. The fraction of sp³-hybridized carbons (Fsp3) is 0.895. The molecular weight excluding hydrogens is 579 g/mol. The van der Waals surface area contributed by atoms with Gasteiger partial charge < -0.3 is 9.80 Å². The van der Waals surface area contributed by atoms with Crippen LogP contribution >= 0.6 is 0 Å². The maximum atomic E-state index is 14.0. The third-order valence-electron chi connectivity index (χ3n) is 5.65. The Kier molecular flexibility index (Phi) is 9.55. The smallest absolute Gasteiger partial charge is 0.359 e. The summed E-state index contributed by atoms with van der Waals surface area (Å²) in [6.07, 6.45) is -4.86. The summed E-state index contributed by atoms with van der Waals surface area (Å²) in [4.78, 5) is 2.25. The maximum Gasteiger partial charge on any atom is 0.460 e. The van der Waals surface area contributed by atoms with Crippen molar-refractivity contribution in [2.75, 3.05) is 19.8 Å². The van der Waals surface area contributed by atoms with Gasteiger partial charge in [0.25, 0.3) is 0 Å². The Bertz CT molecular complexity index is 819. The Morgan fingerprint density at radius 2 is 0.895 bits per heavy atom. The summed E-state index contributed by atoms with van der Waals surface area (Å²) in [5.74, 6) is -56.0. The van der Waals surface area contributed by atoms with Crippen molar-refractivity contribution >= 4 is 0 Å². The summed E-state index contributed by atoms with van der Waals surface area (Å²) in [6, 6.07) is 0. The van der Waals surface area contributed by atoms with E-state index in [0.29, 0.717) is 13.0 Å². The van der Waals surface area contributed by atoms with Gasteiger partial charge in [0.1, 0.15) is 0 Å². The second-order valence-electron chi connectivity index (χ2n) is 8.52. The van der Waals surface area contributed by atoms with Gasteiger partial charge in [-0.25, -0.2) is 0 Å². The molecule has 0 aromatic rings. The van der Waals surface area contributed by atoms with Crippen LogP contribution in [0.25, 0.3) is 0 Å². The molecule has 0 aromatic heterocycles. The van der Waals surface area contributed by atoms with E-state index >= 15 is 0 Å². The second kappa shape index (κ2) is 10.6. The summed E-state index contributed by atoms with van der Waals surface area (Å²) in [5, 5.41) is 0. The van der Waals surface area contributed by atoms with Crippen LogP contribution in [0.2, 0.25) is 0 Å². The molecule has 0 atom stereocenters. The van der Waals surface area contributed by atoms with Crippen molar-refractivity contribution < 1.29 is 74.6 Å². The lowest BCUT2D eigenvalue weighted by atomic mass is 9.88. The van der Waals surface area contributed by atoms with Crippen molar-refractivity contribution in [3.8, 4) is 0 Å². The van der Waals surface area contributed by atoms with E-state index in [1.807, 2.05) is 6.92 Å². The summed E-state index contributed by atoms with van der Waals surface area (Å²) < 4.78 is 226. The first-order valence-corrected chi connectivity index (χ1v) is 10.6. The molecule has 226 valence electrons. The molecule has 0 unspecified atom stereocenters. The van der Waals surface area contributed by atoms with Gasteiger partial charge in [0.05, 0.1) is 6.67 Å². The van der Waals surface area contributed by atoms with E-state index in [1.165, 1.54) is 11.1 Å². The standard InChI is InChI=1S/C19H21F17N2/c1-2-3-4-5-7-37-9-10-38(11-37)8-6-12(20,21)13(22,23)14(24,25)15(26,27)16(28,29)17(30,31)18(32,33)19(34,35)36/h9-10H,2-8,11H2,1H3. The zero-order valence-corrected chi connectivity index (χ0v) is 19.1. The van der Waals surface area contributed by atoms with Gasteiger partial charge in [0.2, 0.25) is 0 Å². The van der Waals surface area contributed by atoms with E-state index in [4.69, 9.17) is 0 Å². The Morgan fingerprint density at radius 3 is 1.32 bits per heavy atom. The van der Waals surface area contributed by atoms with E-state index in [2.05, 4.69) is 0 Å². The molecule has 0 radical (unpaired) electrons. The number of hydrogen-bond donors (Lipinski definition) is 0. The van der Waals surface area contributed by atoms with Gasteiger partial charge in [-0.1, -0.05) is 26.2 Å². The van der Waals surface area contributed by atoms with Crippen LogP contribution < -0.4 is 0 Å². The quantitative estimate of drug-likeness (QED) is 0.147. The van der Waals surface area contributed by atoms with Gasteiger partial charge >= 0.3 is 47.6 Å². The molecule has 0 fully saturated rings. The zero-order valence-electron chi connectivity index (χ0n) is 19.1. The highest BCUT2D eigenvalue weighted by molar-refractivity contribution is 5.15. The highest BCUT2D eigenvalue weighted by Crippen LogP contribution is 2.64. The van der Waals surface area contributed by atoms with Crippen LogP contribution in [-0.4, -0.2) is 77.2 Å². The van der Waals surface area contributed by atoms with Crippen LogP contribution in [0.15, 0.2) is 12.4 Å². The van der Waals surface area contributed by atoms with Gasteiger partial charge in [-0.2, -0.15) is 74.6 Å². The first kappa shape index (κ1) is 34.2. The lowest BCUT2D eigenvalue weighted by Crippen LogP contribution is -2.74. The number of unbranched alkanes of at least 4 members (excludes halogenated alkanes) is 3. The van der Waals surface area contributed by atoms with Crippen LogP contribution in [0.3, 0.4) is 0 Å². The Balaban J connectivity index is 3.14. The molecular formula is C19H21F17N2. The van der Waals surface area contributed by atoms with Crippen LogP contribution in [0.4, 0.5) is 74.6 Å². The molecule has 0 aliphatic carbocycles. The highest BCUT2D eigenvalue weighted by Gasteiger charge is 2.95. The molecule has 0 saturated heterocycles. The van der Waals surface area contributed by atoms with Crippen LogP contribution in [0.5, 0.6) is 0 Å². The van der Waals surface area contributed by atoms with Crippen molar-refractivity contribution in [1.82, 2.24) is 9.80 Å². The maximum absolute atomic E-state index is 14.0. The van der Waals surface area contributed by atoms with Crippen molar-refractivity contribution in [3.63, 3.8) is 0 Å².